The molecule has 2 N–H and O–H groups in total. The van der Waals surface area contributed by atoms with Crippen molar-refractivity contribution in [3.8, 4) is 0 Å². The molecule has 0 aromatic carbocycles. The maximum atomic E-state index is 11.5. The molecule has 2 heterocycles. The lowest BCUT2D eigenvalue weighted by molar-refractivity contribution is -0.323. The summed E-state index contributed by atoms with van der Waals surface area (Å²) in [5.41, 5.74) is -3.06. The first kappa shape index (κ1) is 19.5. The van der Waals surface area contributed by atoms with Crippen LogP contribution in [-0.4, -0.2) is 48.7 Å². The summed E-state index contributed by atoms with van der Waals surface area (Å²) in [6.07, 6.45) is -1.21. The summed E-state index contributed by atoms with van der Waals surface area (Å²) in [7, 11) is -2.09. The van der Waals surface area contributed by atoms with Gasteiger partial charge in [-0.2, -0.15) is 0 Å². The van der Waals surface area contributed by atoms with Crippen molar-refractivity contribution >= 4 is 19.7 Å². The molecule has 3 rings (SSSR count). The fourth-order valence-corrected chi connectivity index (χ4v) is 5.28. The van der Waals surface area contributed by atoms with Gasteiger partial charge in [0.1, 0.15) is 12.2 Å². The first-order valence-corrected chi connectivity index (χ1v) is 12.5. The first-order chi connectivity index (χ1) is 11.2. The Labute approximate surface area is 155 Å². The molecule has 5 nitrogen and oxygen atoms in total. The molecule has 1 aromatic rings. The van der Waals surface area contributed by atoms with E-state index in [2.05, 4.69) is 33.9 Å². The van der Waals surface area contributed by atoms with Crippen molar-refractivity contribution in [1.29, 1.82) is 0 Å². The molecule has 0 radical (unpaired) electrons. The molecule has 2 unspecified atom stereocenters. The van der Waals surface area contributed by atoms with E-state index in [0.717, 1.165) is 0 Å². The van der Waals surface area contributed by atoms with E-state index in [1.165, 1.54) is 11.3 Å². The molecule has 0 amide bonds. The average molecular weight is 387 g/mol. The number of ether oxygens (including phenoxy) is 2. The molecule has 1 aromatic heterocycles. The molecule has 4 atom stereocenters. The summed E-state index contributed by atoms with van der Waals surface area (Å²) in [4.78, 5) is 0.677. The second-order valence-corrected chi connectivity index (χ2v) is 15.0. The van der Waals surface area contributed by atoms with E-state index in [1.54, 1.807) is 13.8 Å². The van der Waals surface area contributed by atoms with Crippen LogP contribution in [0.25, 0.3) is 0 Å². The summed E-state index contributed by atoms with van der Waals surface area (Å²) in [6, 6.07) is 3.69. The Morgan fingerprint density at radius 2 is 1.80 bits per heavy atom. The molecule has 142 valence electrons. The highest BCUT2D eigenvalue weighted by Crippen LogP contribution is 2.59. The van der Waals surface area contributed by atoms with Gasteiger partial charge in [0.25, 0.3) is 0 Å². The summed E-state index contributed by atoms with van der Waals surface area (Å²) >= 11 is 1.41. The van der Waals surface area contributed by atoms with Gasteiger partial charge in [-0.25, -0.2) is 0 Å². The number of aliphatic hydroxyl groups is 2. The van der Waals surface area contributed by atoms with Crippen LogP contribution in [0.4, 0.5) is 0 Å². The van der Waals surface area contributed by atoms with Crippen molar-refractivity contribution in [2.45, 2.75) is 81.9 Å². The van der Waals surface area contributed by atoms with E-state index < -0.39 is 37.5 Å². The van der Waals surface area contributed by atoms with Crippen molar-refractivity contribution in [2.24, 2.45) is 0 Å². The number of fused-ring (bicyclic) bond motifs is 1. The van der Waals surface area contributed by atoms with Gasteiger partial charge in [0.15, 0.2) is 25.3 Å². The normalized spacial score (nSPS) is 37.6. The van der Waals surface area contributed by atoms with Crippen LogP contribution in [0.1, 0.15) is 39.5 Å². The molecule has 2 fully saturated rings. The topological polar surface area (TPSA) is 68.2 Å². The molecule has 1 saturated heterocycles. The van der Waals surface area contributed by atoms with Crippen LogP contribution in [0.5, 0.6) is 0 Å². The number of hydrogen-bond acceptors (Lipinski definition) is 6. The highest BCUT2D eigenvalue weighted by atomic mass is 32.1. The van der Waals surface area contributed by atoms with Crippen LogP contribution in [0, 0.1) is 0 Å². The van der Waals surface area contributed by atoms with Crippen LogP contribution < -0.4 is 0 Å². The van der Waals surface area contributed by atoms with Gasteiger partial charge >= 0.3 is 0 Å². The molecule has 2 aliphatic rings. The molecule has 25 heavy (non-hydrogen) atoms. The van der Waals surface area contributed by atoms with Gasteiger partial charge in [-0.15, -0.1) is 11.3 Å². The Morgan fingerprint density at radius 1 is 1.20 bits per heavy atom. The van der Waals surface area contributed by atoms with Gasteiger partial charge in [-0.1, -0.05) is 26.8 Å². The van der Waals surface area contributed by atoms with Gasteiger partial charge in [-0.3, -0.25) is 0 Å². The zero-order chi connectivity index (χ0) is 18.9. The van der Waals surface area contributed by atoms with Gasteiger partial charge < -0.3 is 24.1 Å². The predicted octanol–water partition coefficient (Wildman–Crippen LogP) is 3.22. The van der Waals surface area contributed by atoms with Crippen LogP contribution in [0.2, 0.25) is 18.1 Å². The van der Waals surface area contributed by atoms with Crippen molar-refractivity contribution in [1.82, 2.24) is 0 Å². The van der Waals surface area contributed by atoms with E-state index in [0.29, 0.717) is 4.88 Å². The Hall–Kier alpha value is -0.283. The van der Waals surface area contributed by atoms with Crippen molar-refractivity contribution in [3.05, 3.63) is 22.4 Å². The Morgan fingerprint density at radius 3 is 2.32 bits per heavy atom. The zero-order valence-corrected chi connectivity index (χ0v) is 17.9. The minimum Gasteiger partial charge on any atom is -0.414 e. The summed E-state index contributed by atoms with van der Waals surface area (Å²) in [6.45, 7) is 14.3. The second-order valence-electron chi connectivity index (χ2n) is 9.19. The van der Waals surface area contributed by atoms with Crippen LogP contribution in [-0.2, 0) is 19.5 Å². The van der Waals surface area contributed by atoms with E-state index in [4.69, 9.17) is 13.9 Å². The lowest BCUT2D eigenvalue weighted by Crippen LogP contribution is -2.80. The molecular formula is C18H30O5SSi. The summed E-state index contributed by atoms with van der Waals surface area (Å²) < 4.78 is 18.1. The molecule has 7 heteroatoms. The largest absolute Gasteiger partial charge is 0.414 e. The first-order valence-electron chi connectivity index (χ1n) is 8.73. The number of thiophene rings is 1. The smallest absolute Gasteiger partial charge is 0.192 e. The van der Waals surface area contributed by atoms with Gasteiger partial charge in [0.05, 0.1) is 6.61 Å². The van der Waals surface area contributed by atoms with Gasteiger partial charge in [0.2, 0.25) is 0 Å². The van der Waals surface area contributed by atoms with E-state index in [1.807, 2.05) is 17.5 Å². The maximum absolute atomic E-state index is 11.5. The zero-order valence-electron chi connectivity index (χ0n) is 16.1. The molecular weight excluding hydrogens is 356 g/mol. The van der Waals surface area contributed by atoms with Gasteiger partial charge in [0, 0.05) is 4.88 Å². The third-order valence-electron chi connectivity index (χ3n) is 6.00. The fourth-order valence-electron chi connectivity index (χ4n) is 3.33. The predicted molar refractivity (Wildman–Crippen MR) is 100 cm³/mol. The second kappa shape index (κ2) is 5.61. The Kier molecular flexibility index (Phi) is 4.37. The molecule has 1 aliphatic heterocycles. The standard InChI is InChI=1S/C18H30O5SSi/c1-15(2,3)25(6,7)21-11-17(19)13-14(23-16(4,5)22-13)18(17,20)12-9-8-10-24-12/h8-10,13-14,19-20H,11H2,1-7H3/t13-,14+,17?,18?/m0/s1. The Bertz CT molecular complexity index is 638. The van der Waals surface area contributed by atoms with E-state index in [-0.39, 0.29) is 11.6 Å². The van der Waals surface area contributed by atoms with E-state index in [9.17, 15) is 10.2 Å². The molecule has 1 aliphatic carbocycles. The fraction of sp³-hybridized carbons (Fsp3) is 0.778. The maximum Gasteiger partial charge on any atom is 0.192 e. The Balaban J connectivity index is 1.92. The lowest BCUT2D eigenvalue weighted by atomic mass is 9.60. The van der Waals surface area contributed by atoms with Crippen molar-refractivity contribution < 1.29 is 24.1 Å². The van der Waals surface area contributed by atoms with Crippen LogP contribution in [0.3, 0.4) is 0 Å². The molecule has 1 saturated carbocycles. The van der Waals surface area contributed by atoms with Gasteiger partial charge in [-0.05, 0) is 43.4 Å². The minimum atomic E-state index is -2.09. The lowest BCUT2D eigenvalue weighted by Gasteiger charge is -2.59. The third-order valence-corrected chi connectivity index (χ3v) is 11.5. The third kappa shape index (κ3) is 2.76. The summed E-state index contributed by atoms with van der Waals surface area (Å²) in [5, 5.41) is 24.9. The van der Waals surface area contributed by atoms with Crippen molar-refractivity contribution in [2.75, 3.05) is 6.61 Å². The van der Waals surface area contributed by atoms with E-state index >= 15 is 0 Å². The average Bonchev–Trinajstić information content (AvgIpc) is 3.10. The number of rotatable bonds is 4. The monoisotopic (exact) mass is 386 g/mol. The van der Waals surface area contributed by atoms with Crippen molar-refractivity contribution in [3.63, 3.8) is 0 Å². The highest BCUT2D eigenvalue weighted by Gasteiger charge is 2.79. The summed E-state index contributed by atoms with van der Waals surface area (Å²) in [5.74, 6) is -0.845. The SMILES string of the molecule is CC1(C)O[C@@H]2[C@H](O1)C(O)(CO[Si](C)(C)C(C)(C)C)C2(O)c1cccs1. The molecule has 0 spiro atoms. The van der Waals surface area contributed by atoms with Crippen LogP contribution >= 0.6 is 11.3 Å². The minimum absolute atomic E-state index is 0.0138. The quantitative estimate of drug-likeness (QED) is 0.778. The molecule has 0 bridgehead atoms. The van der Waals surface area contributed by atoms with Crippen LogP contribution in [0.15, 0.2) is 17.5 Å². The number of hydrogen-bond donors (Lipinski definition) is 2. The highest BCUT2D eigenvalue weighted by molar-refractivity contribution is 7.10.